The average molecular weight is 211 g/mol. The molecular formula is C9H11ClN4. The third-order valence-corrected chi connectivity index (χ3v) is 2.37. The molecule has 0 spiro atoms. The summed E-state index contributed by atoms with van der Waals surface area (Å²) in [5, 5.41) is 0. The second kappa shape index (κ2) is 3.84. The van der Waals surface area contributed by atoms with Crippen molar-refractivity contribution in [1.29, 1.82) is 0 Å². The highest BCUT2D eigenvalue weighted by Gasteiger charge is 2.04. The smallest absolute Gasteiger partial charge is 0.151 e. The van der Waals surface area contributed by atoms with Crippen LogP contribution in [0.4, 0.5) is 5.82 Å². The molecule has 0 saturated heterocycles. The number of aryl methyl sites for hydroxylation is 1. The number of aromatic nitrogens is 3. The summed E-state index contributed by atoms with van der Waals surface area (Å²) in [5.41, 5.74) is 7.47. The van der Waals surface area contributed by atoms with Gasteiger partial charge in [0.25, 0.3) is 0 Å². The maximum Gasteiger partial charge on any atom is 0.151 e. The molecule has 0 radical (unpaired) electrons. The predicted octanol–water partition coefficient (Wildman–Crippen LogP) is 1.64. The number of nitrogens with two attached hydrogens (primary N) is 1. The van der Waals surface area contributed by atoms with Gasteiger partial charge < -0.3 is 10.3 Å². The van der Waals surface area contributed by atoms with Gasteiger partial charge in [-0.2, -0.15) is 0 Å². The molecule has 2 aromatic rings. The molecule has 2 N–H and O–H groups in total. The second-order valence-corrected chi connectivity index (χ2v) is 3.42. The standard InChI is InChI=1S/C9H11ClN4/c10-3-1-5-14-6-13-8-7(14)2-4-12-9(8)11/h2,4,6H,1,3,5H2,(H2,11,12). The number of nitrogen functional groups attached to an aromatic ring is 1. The number of hydrogen-bond acceptors (Lipinski definition) is 3. The first-order valence-corrected chi connectivity index (χ1v) is 4.97. The van der Waals surface area contributed by atoms with Crippen molar-refractivity contribution < 1.29 is 0 Å². The van der Waals surface area contributed by atoms with Gasteiger partial charge in [-0.1, -0.05) is 0 Å². The Morgan fingerprint density at radius 3 is 3.07 bits per heavy atom. The van der Waals surface area contributed by atoms with Crippen molar-refractivity contribution in [1.82, 2.24) is 14.5 Å². The van der Waals surface area contributed by atoms with Crippen LogP contribution in [0.2, 0.25) is 0 Å². The summed E-state index contributed by atoms with van der Waals surface area (Å²) in [7, 11) is 0. The lowest BCUT2D eigenvalue weighted by Crippen LogP contribution is -1.97. The van der Waals surface area contributed by atoms with E-state index in [4.69, 9.17) is 17.3 Å². The Labute approximate surface area is 86.7 Å². The van der Waals surface area contributed by atoms with E-state index in [9.17, 15) is 0 Å². The topological polar surface area (TPSA) is 56.7 Å². The molecule has 4 nitrogen and oxygen atoms in total. The van der Waals surface area contributed by atoms with Gasteiger partial charge >= 0.3 is 0 Å². The Morgan fingerprint density at radius 2 is 2.29 bits per heavy atom. The van der Waals surface area contributed by atoms with E-state index in [-0.39, 0.29) is 0 Å². The molecule has 0 aliphatic carbocycles. The summed E-state index contributed by atoms with van der Waals surface area (Å²) in [4.78, 5) is 8.18. The lowest BCUT2D eigenvalue weighted by molar-refractivity contribution is 0.700. The minimum atomic E-state index is 0.479. The van der Waals surface area contributed by atoms with Crippen LogP contribution >= 0.6 is 11.6 Å². The van der Waals surface area contributed by atoms with Gasteiger partial charge in [-0.05, 0) is 12.5 Å². The van der Waals surface area contributed by atoms with E-state index in [1.807, 2.05) is 10.6 Å². The van der Waals surface area contributed by atoms with Crippen LogP contribution in [-0.4, -0.2) is 20.4 Å². The lowest BCUT2D eigenvalue weighted by atomic mass is 10.3. The summed E-state index contributed by atoms with van der Waals surface area (Å²) < 4.78 is 2.04. The highest BCUT2D eigenvalue weighted by Crippen LogP contribution is 2.16. The van der Waals surface area contributed by atoms with Crippen LogP contribution in [0.1, 0.15) is 6.42 Å². The van der Waals surface area contributed by atoms with Gasteiger partial charge in [0.05, 0.1) is 11.8 Å². The van der Waals surface area contributed by atoms with Gasteiger partial charge in [0.2, 0.25) is 0 Å². The molecule has 0 atom stereocenters. The first kappa shape index (κ1) is 9.27. The van der Waals surface area contributed by atoms with Crippen molar-refractivity contribution in [3.05, 3.63) is 18.6 Å². The predicted molar refractivity (Wildman–Crippen MR) is 57.3 cm³/mol. The highest BCUT2D eigenvalue weighted by molar-refractivity contribution is 6.17. The zero-order valence-electron chi connectivity index (χ0n) is 7.65. The molecule has 0 unspecified atom stereocenters. The molecule has 2 heterocycles. The fraction of sp³-hybridized carbons (Fsp3) is 0.333. The molecule has 2 aromatic heterocycles. The van der Waals surface area contributed by atoms with Crippen molar-refractivity contribution in [2.75, 3.05) is 11.6 Å². The van der Waals surface area contributed by atoms with Gasteiger partial charge in [0, 0.05) is 18.6 Å². The third kappa shape index (κ3) is 1.53. The largest absolute Gasteiger partial charge is 0.382 e. The molecule has 74 valence electrons. The number of alkyl halides is 1. The van der Waals surface area contributed by atoms with E-state index in [1.165, 1.54) is 0 Å². The molecule has 0 bridgehead atoms. The summed E-state index contributed by atoms with van der Waals surface area (Å²) in [6.45, 7) is 0.865. The molecule has 0 fully saturated rings. The van der Waals surface area contributed by atoms with Crippen molar-refractivity contribution in [2.45, 2.75) is 13.0 Å². The Kier molecular flexibility index (Phi) is 2.54. The fourth-order valence-electron chi connectivity index (χ4n) is 1.42. The van der Waals surface area contributed by atoms with Gasteiger partial charge in [-0.15, -0.1) is 11.6 Å². The van der Waals surface area contributed by atoms with Crippen LogP contribution in [0.25, 0.3) is 11.0 Å². The van der Waals surface area contributed by atoms with Crippen molar-refractivity contribution in [2.24, 2.45) is 0 Å². The van der Waals surface area contributed by atoms with Gasteiger partial charge in [0.1, 0.15) is 5.52 Å². The maximum absolute atomic E-state index is 5.69. The lowest BCUT2D eigenvalue weighted by Gasteiger charge is -2.01. The SMILES string of the molecule is Nc1nccc2c1ncn2CCCCl. The molecule has 5 heteroatoms. The molecule has 0 saturated carbocycles. The number of halogens is 1. The summed E-state index contributed by atoms with van der Waals surface area (Å²) in [6, 6.07) is 1.91. The normalized spacial score (nSPS) is 10.9. The third-order valence-electron chi connectivity index (χ3n) is 2.10. The van der Waals surface area contributed by atoms with Gasteiger partial charge in [-0.3, -0.25) is 0 Å². The number of imidazole rings is 1. The zero-order chi connectivity index (χ0) is 9.97. The van der Waals surface area contributed by atoms with Gasteiger partial charge in [0.15, 0.2) is 5.82 Å². The summed E-state index contributed by atoms with van der Waals surface area (Å²) in [6.07, 6.45) is 4.39. The minimum absolute atomic E-state index is 0.479. The first-order chi connectivity index (χ1) is 6.83. The monoisotopic (exact) mass is 210 g/mol. The number of anilines is 1. The second-order valence-electron chi connectivity index (χ2n) is 3.04. The average Bonchev–Trinajstić information content (AvgIpc) is 2.60. The number of pyridine rings is 1. The molecule has 14 heavy (non-hydrogen) atoms. The van der Waals surface area contributed by atoms with E-state index in [1.54, 1.807) is 12.5 Å². The van der Waals surface area contributed by atoms with E-state index >= 15 is 0 Å². The molecule has 2 rings (SSSR count). The van der Waals surface area contributed by atoms with Crippen LogP contribution in [0.5, 0.6) is 0 Å². The summed E-state index contributed by atoms with van der Waals surface area (Å²) in [5.74, 6) is 1.13. The van der Waals surface area contributed by atoms with Crippen LogP contribution in [0, 0.1) is 0 Å². The van der Waals surface area contributed by atoms with Crippen molar-refractivity contribution >= 4 is 28.5 Å². The summed E-state index contributed by atoms with van der Waals surface area (Å²) >= 11 is 5.63. The zero-order valence-corrected chi connectivity index (χ0v) is 8.41. The van der Waals surface area contributed by atoms with Crippen molar-refractivity contribution in [3.8, 4) is 0 Å². The van der Waals surface area contributed by atoms with Crippen LogP contribution < -0.4 is 5.73 Å². The maximum atomic E-state index is 5.69. The highest BCUT2D eigenvalue weighted by atomic mass is 35.5. The molecule has 0 amide bonds. The minimum Gasteiger partial charge on any atom is -0.382 e. The van der Waals surface area contributed by atoms with Crippen molar-refractivity contribution in [3.63, 3.8) is 0 Å². The number of hydrogen-bond donors (Lipinski definition) is 1. The van der Waals surface area contributed by atoms with Gasteiger partial charge in [-0.25, -0.2) is 9.97 Å². The molecular weight excluding hydrogens is 200 g/mol. The van der Waals surface area contributed by atoms with E-state index in [0.717, 1.165) is 24.0 Å². The first-order valence-electron chi connectivity index (χ1n) is 4.44. The molecule has 0 aliphatic heterocycles. The van der Waals surface area contributed by atoms with Crippen LogP contribution in [-0.2, 0) is 6.54 Å². The number of rotatable bonds is 3. The van der Waals surface area contributed by atoms with E-state index in [0.29, 0.717) is 11.7 Å². The molecule has 0 aliphatic rings. The fourth-order valence-corrected chi connectivity index (χ4v) is 1.54. The Morgan fingerprint density at radius 1 is 1.43 bits per heavy atom. The number of fused-ring (bicyclic) bond motifs is 1. The Hall–Kier alpha value is -1.29. The quantitative estimate of drug-likeness (QED) is 0.784. The molecule has 0 aromatic carbocycles. The van der Waals surface area contributed by atoms with Crippen LogP contribution in [0.15, 0.2) is 18.6 Å². The Bertz CT molecular complexity index is 437. The number of nitrogens with zero attached hydrogens (tertiary/aromatic N) is 3. The van der Waals surface area contributed by atoms with Crippen LogP contribution in [0.3, 0.4) is 0 Å². The van der Waals surface area contributed by atoms with E-state index in [2.05, 4.69) is 9.97 Å². The Balaban J connectivity index is 2.42. The van der Waals surface area contributed by atoms with E-state index < -0.39 is 0 Å².